The zero-order valence-electron chi connectivity index (χ0n) is 17.2. The Balaban J connectivity index is 1.78. The number of nitriles is 1. The Kier molecular flexibility index (Phi) is 4.67. The lowest BCUT2D eigenvalue weighted by Crippen LogP contribution is -2.45. The second kappa shape index (κ2) is 7.27. The summed E-state index contributed by atoms with van der Waals surface area (Å²) in [5.74, 6) is 1.05. The Morgan fingerprint density at radius 1 is 1.29 bits per heavy atom. The smallest absolute Gasteiger partial charge is 0.153 e. The number of hydrogen-bond acceptors (Lipinski definition) is 6. The summed E-state index contributed by atoms with van der Waals surface area (Å²) in [6, 6.07) is 7.98. The molecule has 2 aliphatic carbocycles. The lowest BCUT2D eigenvalue weighted by atomic mass is 9.56. The third-order valence-corrected chi connectivity index (χ3v) is 7.29. The van der Waals surface area contributed by atoms with Gasteiger partial charge in [0.15, 0.2) is 5.82 Å². The van der Waals surface area contributed by atoms with Crippen LogP contribution in [0.5, 0.6) is 0 Å². The number of pyridine rings is 1. The highest BCUT2D eigenvalue weighted by molar-refractivity contribution is 9.10. The van der Waals surface area contributed by atoms with Gasteiger partial charge in [-0.3, -0.25) is 0 Å². The third kappa shape index (κ3) is 2.99. The Morgan fingerprint density at radius 3 is 2.81 bits per heavy atom. The van der Waals surface area contributed by atoms with Crippen molar-refractivity contribution >= 4 is 15.9 Å². The zero-order valence-corrected chi connectivity index (χ0v) is 18.8. The number of aliphatic hydroxyl groups excluding tert-OH is 1. The number of fused-ring (bicyclic) bond motifs is 3. The molecule has 3 heterocycles. The van der Waals surface area contributed by atoms with Gasteiger partial charge < -0.3 is 5.11 Å². The fourth-order valence-corrected chi connectivity index (χ4v) is 5.63. The largest absolute Gasteiger partial charge is 0.511 e. The van der Waals surface area contributed by atoms with E-state index in [1.165, 1.54) is 6.33 Å². The van der Waals surface area contributed by atoms with E-state index in [1.807, 2.05) is 29.8 Å². The summed E-state index contributed by atoms with van der Waals surface area (Å²) in [7, 11) is 0. The van der Waals surface area contributed by atoms with Gasteiger partial charge in [-0.15, -0.1) is 0 Å². The SMILES string of the molecule is C[C@H]1C(O)=C(C#N)C[C@@]2(C)c3c(c(-c4ccncn4)nn3-c3ccc(Br)cn3)CC[C@H]12. The lowest BCUT2D eigenvalue weighted by Gasteiger charge is -2.47. The van der Waals surface area contributed by atoms with Crippen molar-refractivity contribution in [1.82, 2.24) is 24.7 Å². The second-order valence-electron chi connectivity index (χ2n) is 8.52. The van der Waals surface area contributed by atoms with Crippen LogP contribution >= 0.6 is 15.9 Å². The summed E-state index contributed by atoms with van der Waals surface area (Å²) < 4.78 is 2.80. The Morgan fingerprint density at radius 2 is 2.13 bits per heavy atom. The van der Waals surface area contributed by atoms with E-state index in [0.29, 0.717) is 17.8 Å². The molecule has 0 aliphatic heterocycles. The minimum Gasteiger partial charge on any atom is -0.511 e. The van der Waals surface area contributed by atoms with Gasteiger partial charge in [0, 0.05) is 33.8 Å². The van der Waals surface area contributed by atoms with Crippen molar-refractivity contribution in [2.75, 3.05) is 0 Å². The molecule has 0 spiro atoms. The fraction of sp³-hybridized carbons (Fsp3) is 0.348. The second-order valence-corrected chi connectivity index (χ2v) is 9.44. The van der Waals surface area contributed by atoms with Gasteiger partial charge in [0.1, 0.15) is 17.8 Å². The average Bonchev–Trinajstić information content (AvgIpc) is 3.18. The first-order chi connectivity index (χ1) is 14.9. The molecule has 1 N–H and O–H groups in total. The van der Waals surface area contributed by atoms with E-state index in [-0.39, 0.29) is 23.0 Å². The zero-order chi connectivity index (χ0) is 21.8. The summed E-state index contributed by atoms with van der Waals surface area (Å²) in [5, 5.41) is 25.3. The summed E-state index contributed by atoms with van der Waals surface area (Å²) in [6.07, 6.45) is 7.21. The molecule has 156 valence electrons. The molecular formula is C23H21BrN6O. The maximum atomic E-state index is 10.6. The van der Waals surface area contributed by atoms with Crippen LogP contribution in [0.2, 0.25) is 0 Å². The summed E-state index contributed by atoms with van der Waals surface area (Å²) >= 11 is 3.45. The maximum absolute atomic E-state index is 10.6. The van der Waals surface area contributed by atoms with Gasteiger partial charge in [0.25, 0.3) is 0 Å². The van der Waals surface area contributed by atoms with Crippen LogP contribution in [0.1, 0.15) is 37.9 Å². The molecule has 0 aromatic carbocycles. The maximum Gasteiger partial charge on any atom is 0.153 e. The first-order valence-corrected chi connectivity index (χ1v) is 11.1. The van der Waals surface area contributed by atoms with Crippen LogP contribution in [0, 0.1) is 23.2 Å². The topological polar surface area (TPSA) is 101 Å². The number of allylic oxidation sites excluding steroid dienone is 2. The highest BCUT2D eigenvalue weighted by Crippen LogP contribution is 2.54. The molecule has 0 unspecified atom stereocenters. The van der Waals surface area contributed by atoms with E-state index in [9.17, 15) is 10.4 Å². The van der Waals surface area contributed by atoms with E-state index < -0.39 is 0 Å². The molecule has 0 saturated carbocycles. The molecule has 3 atom stereocenters. The number of aliphatic hydroxyl groups is 1. The number of nitrogens with zero attached hydrogens (tertiary/aromatic N) is 6. The molecule has 0 saturated heterocycles. The lowest BCUT2D eigenvalue weighted by molar-refractivity contribution is 0.134. The fourth-order valence-electron chi connectivity index (χ4n) is 5.40. The third-order valence-electron chi connectivity index (χ3n) is 6.82. The molecule has 3 aromatic heterocycles. The van der Waals surface area contributed by atoms with Crippen LogP contribution in [0.4, 0.5) is 0 Å². The number of rotatable bonds is 2. The van der Waals surface area contributed by atoms with Gasteiger partial charge in [-0.2, -0.15) is 10.4 Å². The molecule has 0 radical (unpaired) electrons. The van der Waals surface area contributed by atoms with E-state index in [4.69, 9.17) is 5.10 Å². The summed E-state index contributed by atoms with van der Waals surface area (Å²) in [4.78, 5) is 13.1. The monoisotopic (exact) mass is 476 g/mol. The molecule has 8 heteroatoms. The van der Waals surface area contributed by atoms with Crippen molar-refractivity contribution in [3.63, 3.8) is 0 Å². The molecule has 7 nitrogen and oxygen atoms in total. The van der Waals surface area contributed by atoms with Crippen LogP contribution in [0.3, 0.4) is 0 Å². The van der Waals surface area contributed by atoms with Crippen molar-refractivity contribution < 1.29 is 5.11 Å². The van der Waals surface area contributed by atoms with Crippen LogP contribution < -0.4 is 0 Å². The predicted octanol–water partition coefficient (Wildman–Crippen LogP) is 4.68. The van der Waals surface area contributed by atoms with Crippen LogP contribution in [0.25, 0.3) is 17.2 Å². The molecular weight excluding hydrogens is 456 g/mol. The van der Waals surface area contributed by atoms with Crippen molar-refractivity contribution in [3.05, 3.63) is 64.0 Å². The first kappa shape index (κ1) is 19.9. The van der Waals surface area contributed by atoms with Crippen molar-refractivity contribution in [2.24, 2.45) is 11.8 Å². The molecule has 0 fully saturated rings. The van der Waals surface area contributed by atoms with Crippen molar-refractivity contribution in [3.8, 4) is 23.3 Å². The summed E-state index contributed by atoms with van der Waals surface area (Å²) in [6.45, 7) is 4.21. The number of halogens is 1. The van der Waals surface area contributed by atoms with E-state index in [0.717, 1.165) is 40.0 Å². The molecule has 3 aromatic rings. The number of aromatic nitrogens is 5. The van der Waals surface area contributed by atoms with Gasteiger partial charge in [-0.05, 0) is 59.3 Å². The Labute approximate surface area is 188 Å². The van der Waals surface area contributed by atoms with Crippen molar-refractivity contribution in [1.29, 1.82) is 5.26 Å². The Bertz CT molecular complexity index is 1230. The number of hydrogen-bond donors (Lipinski definition) is 1. The van der Waals surface area contributed by atoms with Gasteiger partial charge >= 0.3 is 0 Å². The molecule has 5 rings (SSSR count). The molecule has 31 heavy (non-hydrogen) atoms. The van der Waals surface area contributed by atoms with Gasteiger partial charge in [0.05, 0.1) is 23.0 Å². The van der Waals surface area contributed by atoms with Crippen LogP contribution in [-0.2, 0) is 11.8 Å². The van der Waals surface area contributed by atoms with E-state index in [2.05, 4.69) is 43.9 Å². The minimum atomic E-state index is -0.364. The highest BCUT2D eigenvalue weighted by atomic mass is 79.9. The summed E-state index contributed by atoms with van der Waals surface area (Å²) in [5.41, 5.74) is 3.88. The molecule has 0 bridgehead atoms. The van der Waals surface area contributed by atoms with Crippen molar-refractivity contribution in [2.45, 2.75) is 38.5 Å². The minimum absolute atomic E-state index is 0.0923. The molecule has 0 amide bonds. The standard InChI is InChI=1S/C23H21BrN6O/c1-13-17-5-4-16-20(18-7-8-26-12-28-18)29-30(19-6-3-15(24)11-27-19)22(16)23(17,2)9-14(10-25)21(13)31/h3,6-8,11-13,17,31H,4-5,9H2,1-2H3/t13-,17-,23-/m1/s1. The van der Waals surface area contributed by atoms with Gasteiger partial charge in [0.2, 0.25) is 0 Å². The average molecular weight is 477 g/mol. The quantitative estimate of drug-likeness (QED) is 0.575. The van der Waals surface area contributed by atoms with Crippen LogP contribution in [0.15, 0.2) is 52.7 Å². The van der Waals surface area contributed by atoms with E-state index in [1.54, 1.807) is 12.4 Å². The first-order valence-electron chi connectivity index (χ1n) is 10.3. The van der Waals surface area contributed by atoms with Gasteiger partial charge in [-0.25, -0.2) is 19.6 Å². The normalized spacial score (nSPS) is 25.0. The van der Waals surface area contributed by atoms with Gasteiger partial charge in [-0.1, -0.05) is 13.8 Å². The molecule has 2 aliphatic rings. The highest BCUT2D eigenvalue weighted by Gasteiger charge is 2.51. The van der Waals surface area contributed by atoms with E-state index >= 15 is 0 Å². The Hall–Kier alpha value is -3.05. The predicted molar refractivity (Wildman–Crippen MR) is 118 cm³/mol. The van der Waals surface area contributed by atoms with Crippen LogP contribution in [-0.4, -0.2) is 29.8 Å².